The molecule has 1 saturated heterocycles. The van der Waals surface area contributed by atoms with E-state index in [2.05, 4.69) is 10.2 Å². The molecule has 2 heterocycles. The van der Waals surface area contributed by atoms with Gasteiger partial charge < -0.3 is 30.2 Å². The van der Waals surface area contributed by atoms with Crippen molar-refractivity contribution in [2.75, 3.05) is 20.0 Å². The van der Waals surface area contributed by atoms with Crippen molar-refractivity contribution in [2.45, 2.75) is 37.1 Å². The van der Waals surface area contributed by atoms with Gasteiger partial charge in [0.1, 0.15) is 23.3 Å². The Bertz CT molecular complexity index is 418. The molecule has 19 heavy (non-hydrogen) atoms. The molecule has 0 bridgehead atoms. The zero-order valence-electron chi connectivity index (χ0n) is 10.6. The highest BCUT2D eigenvalue weighted by Crippen LogP contribution is 2.27. The normalized spacial score (nSPS) is 35.5. The van der Waals surface area contributed by atoms with Crippen LogP contribution in [-0.4, -0.2) is 65.3 Å². The molecule has 0 spiro atoms. The topological polar surface area (TPSA) is 120 Å². The van der Waals surface area contributed by atoms with Gasteiger partial charge in [0.2, 0.25) is 5.13 Å². The van der Waals surface area contributed by atoms with Crippen molar-refractivity contribution in [1.29, 1.82) is 0 Å². The molecule has 0 unspecified atom stereocenters. The van der Waals surface area contributed by atoms with E-state index in [4.69, 9.17) is 19.9 Å². The molecule has 1 aliphatic heterocycles. The van der Waals surface area contributed by atoms with Gasteiger partial charge in [0.25, 0.3) is 0 Å². The van der Waals surface area contributed by atoms with Crippen LogP contribution in [-0.2, 0) is 20.6 Å². The van der Waals surface area contributed by atoms with Crippen molar-refractivity contribution in [3.8, 4) is 0 Å². The third kappa shape index (κ3) is 3.02. The number of hydrogen-bond acceptors (Lipinski definition) is 9. The molecule has 1 fully saturated rings. The van der Waals surface area contributed by atoms with E-state index >= 15 is 0 Å². The molecule has 0 saturated carbocycles. The number of aliphatic hydroxyl groups is 2. The lowest BCUT2D eigenvalue weighted by atomic mass is 9.97. The van der Waals surface area contributed by atoms with Crippen molar-refractivity contribution in [1.82, 2.24) is 10.2 Å². The van der Waals surface area contributed by atoms with E-state index in [-0.39, 0.29) is 0 Å². The first-order chi connectivity index (χ1) is 9.06. The molecule has 4 N–H and O–H groups in total. The molecule has 1 aromatic heterocycles. The van der Waals surface area contributed by atoms with Crippen LogP contribution in [0.2, 0.25) is 0 Å². The van der Waals surface area contributed by atoms with Gasteiger partial charge in [-0.05, 0) is 0 Å². The van der Waals surface area contributed by atoms with E-state index in [1.165, 1.54) is 25.6 Å². The van der Waals surface area contributed by atoms with Gasteiger partial charge in [-0.1, -0.05) is 11.3 Å². The summed E-state index contributed by atoms with van der Waals surface area (Å²) in [6.45, 7) is 0. The van der Waals surface area contributed by atoms with Crippen molar-refractivity contribution in [3.05, 3.63) is 5.01 Å². The molecule has 0 aliphatic carbocycles. The van der Waals surface area contributed by atoms with Crippen LogP contribution in [0.3, 0.4) is 0 Å². The molecule has 2 rings (SSSR count). The van der Waals surface area contributed by atoms with Gasteiger partial charge in [-0.15, -0.1) is 10.2 Å². The molecular weight excluding hydrogens is 274 g/mol. The number of aromatic nitrogens is 2. The SMILES string of the molecule is CO[C@@H]1O[C@H](Cc2nnc(N)s2)[C@H](OC)[C@@H](O)[C@H]1O. The maximum Gasteiger partial charge on any atom is 0.203 e. The van der Waals surface area contributed by atoms with Crippen LogP contribution in [0.25, 0.3) is 0 Å². The number of ether oxygens (including phenoxy) is 3. The Hall–Kier alpha value is -0.840. The van der Waals surface area contributed by atoms with Crippen LogP contribution in [0.5, 0.6) is 0 Å². The lowest BCUT2D eigenvalue weighted by molar-refractivity contribution is -0.293. The predicted octanol–water partition coefficient (Wildman–Crippen LogP) is -1.23. The molecular formula is C10H17N3O5S. The van der Waals surface area contributed by atoms with Crippen LogP contribution in [0, 0.1) is 0 Å². The summed E-state index contributed by atoms with van der Waals surface area (Å²) in [7, 11) is 2.84. The minimum atomic E-state index is -1.16. The summed E-state index contributed by atoms with van der Waals surface area (Å²) in [4.78, 5) is 0. The first kappa shape index (κ1) is 14.6. The van der Waals surface area contributed by atoms with Gasteiger partial charge in [-0.3, -0.25) is 0 Å². The van der Waals surface area contributed by atoms with Crippen molar-refractivity contribution in [2.24, 2.45) is 0 Å². The smallest absolute Gasteiger partial charge is 0.203 e. The Labute approximate surface area is 114 Å². The number of aliphatic hydroxyl groups excluding tert-OH is 2. The van der Waals surface area contributed by atoms with Gasteiger partial charge in [0.05, 0.1) is 6.10 Å². The van der Waals surface area contributed by atoms with Gasteiger partial charge in [-0.25, -0.2) is 0 Å². The zero-order chi connectivity index (χ0) is 14.0. The van der Waals surface area contributed by atoms with Gasteiger partial charge >= 0.3 is 0 Å². The number of hydrogen-bond donors (Lipinski definition) is 3. The maximum atomic E-state index is 10.0. The van der Waals surface area contributed by atoms with E-state index in [1.807, 2.05) is 0 Å². The average Bonchev–Trinajstić information content (AvgIpc) is 2.79. The van der Waals surface area contributed by atoms with E-state index < -0.39 is 30.7 Å². The van der Waals surface area contributed by atoms with Crippen molar-refractivity contribution >= 4 is 16.5 Å². The highest BCUT2D eigenvalue weighted by Gasteiger charge is 2.45. The summed E-state index contributed by atoms with van der Waals surface area (Å²) in [5.74, 6) is 0. The number of nitrogen functional groups attached to an aromatic ring is 1. The van der Waals surface area contributed by atoms with E-state index in [9.17, 15) is 10.2 Å². The second-order valence-corrected chi connectivity index (χ2v) is 5.29. The first-order valence-electron chi connectivity index (χ1n) is 5.71. The Morgan fingerprint density at radius 3 is 2.53 bits per heavy atom. The van der Waals surface area contributed by atoms with Gasteiger partial charge in [-0.2, -0.15) is 0 Å². The van der Waals surface area contributed by atoms with Crippen LogP contribution in [0.15, 0.2) is 0 Å². The highest BCUT2D eigenvalue weighted by molar-refractivity contribution is 7.15. The maximum absolute atomic E-state index is 10.0. The largest absolute Gasteiger partial charge is 0.387 e. The lowest BCUT2D eigenvalue weighted by Gasteiger charge is -2.41. The molecule has 1 aromatic rings. The summed E-state index contributed by atoms with van der Waals surface area (Å²) in [5, 5.41) is 28.4. The minimum absolute atomic E-state index is 0.364. The molecule has 8 nitrogen and oxygen atoms in total. The fraction of sp³-hybridized carbons (Fsp3) is 0.800. The molecule has 5 atom stereocenters. The lowest BCUT2D eigenvalue weighted by Crippen LogP contribution is -2.59. The summed E-state index contributed by atoms with van der Waals surface area (Å²) >= 11 is 1.24. The Kier molecular flexibility index (Phi) is 4.66. The number of nitrogens with zero attached hydrogens (tertiary/aromatic N) is 2. The zero-order valence-corrected chi connectivity index (χ0v) is 11.4. The number of methoxy groups -OCH3 is 2. The second kappa shape index (κ2) is 6.07. The number of rotatable bonds is 4. The minimum Gasteiger partial charge on any atom is -0.387 e. The quantitative estimate of drug-likeness (QED) is 0.631. The van der Waals surface area contributed by atoms with Gasteiger partial charge in [0, 0.05) is 20.6 Å². The number of anilines is 1. The predicted molar refractivity (Wildman–Crippen MR) is 66.5 cm³/mol. The summed E-state index contributed by atoms with van der Waals surface area (Å²) < 4.78 is 15.8. The Morgan fingerprint density at radius 2 is 2.00 bits per heavy atom. The van der Waals surface area contributed by atoms with E-state index in [0.717, 1.165) is 0 Å². The second-order valence-electron chi connectivity index (χ2n) is 4.20. The monoisotopic (exact) mass is 291 g/mol. The molecule has 9 heteroatoms. The molecule has 108 valence electrons. The van der Waals surface area contributed by atoms with Crippen LogP contribution in [0.4, 0.5) is 5.13 Å². The van der Waals surface area contributed by atoms with Crippen LogP contribution in [0.1, 0.15) is 5.01 Å². The van der Waals surface area contributed by atoms with E-state index in [0.29, 0.717) is 16.6 Å². The van der Waals surface area contributed by atoms with Gasteiger partial charge in [0.15, 0.2) is 6.29 Å². The Balaban J connectivity index is 2.12. The molecule has 0 amide bonds. The Morgan fingerprint density at radius 1 is 1.26 bits per heavy atom. The fourth-order valence-corrected chi connectivity index (χ4v) is 2.73. The standard InChI is InChI=1S/C10H17N3O5S/c1-16-8-4(3-5-12-13-10(11)19-5)18-9(17-2)7(15)6(8)14/h4,6-9,14-15H,3H2,1-2H3,(H2,11,13)/t4-,6+,7-,8+,9-/m1/s1. The van der Waals surface area contributed by atoms with Crippen LogP contribution < -0.4 is 5.73 Å². The first-order valence-corrected chi connectivity index (χ1v) is 6.53. The third-order valence-corrected chi connectivity index (χ3v) is 3.78. The molecule has 1 aliphatic rings. The molecule has 0 aromatic carbocycles. The van der Waals surface area contributed by atoms with Crippen molar-refractivity contribution in [3.63, 3.8) is 0 Å². The van der Waals surface area contributed by atoms with Crippen LogP contribution >= 0.6 is 11.3 Å². The van der Waals surface area contributed by atoms with E-state index in [1.54, 1.807) is 0 Å². The number of nitrogens with two attached hydrogens (primary N) is 1. The summed E-state index contributed by atoms with van der Waals surface area (Å²) in [6.07, 6.45) is -3.97. The molecule has 0 radical (unpaired) electrons. The average molecular weight is 291 g/mol. The summed E-state index contributed by atoms with van der Waals surface area (Å²) in [5.41, 5.74) is 5.51. The fourth-order valence-electron chi connectivity index (χ4n) is 2.08. The third-order valence-electron chi connectivity index (χ3n) is 3.00. The highest BCUT2D eigenvalue weighted by atomic mass is 32.1. The summed E-state index contributed by atoms with van der Waals surface area (Å²) in [6, 6.07) is 0. The van der Waals surface area contributed by atoms with Crippen molar-refractivity contribution < 1.29 is 24.4 Å².